The van der Waals surface area contributed by atoms with Gasteiger partial charge in [0.2, 0.25) is 0 Å². The maximum Gasteiger partial charge on any atom is 0.322 e. The number of H-pyrrole nitrogens is 1. The molecule has 0 radical (unpaired) electrons. The van der Waals surface area contributed by atoms with Crippen LogP contribution < -0.4 is 10.9 Å². The third kappa shape index (κ3) is 4.80. The standard InChI is InChI=1S/C25H30N4O2/c1-3-28-14-8-13-22(28)17-29(25(31)26-21-11-5-4-6-12-21)16-20-15-19-10-7-9-18(2)23(19)27-24(20)30/h4-7,9-12,15,22H,3,8,13-14,16-17H2,1-2H3,(H,26,31)(H,27,30)/t22-/m1/s1. The number of fused-ring (bicyclic) bond motifs is 1. The molecule has 6 nitrogen and oxygen atoms in total. The Bertz CT molecular complexity index is 1110. The van der Waals surface area contributed by atoms with Crippen LogP contribution in [0.25, 0.3) is 10.9 Å². The molecule has 6 heteroatoms. The number of pyridine rings is 1. The molecule has 1 aliphatic heterocycles. The van der Waals surface area contributed by atoms with E-state index in [0.717, 1.165) is 48.1 Å². The summed E-state index contributed by atoms with van der Waals surface area (Å²) < 4.78 is 0. The number of nitrogens with one attached hydrogen (secondary N) is 2. The summed E-state index contributed by atoms with van der Waals surface area (Å²) >= 11 is 0. The van der Waals surface area contributed by atoms with Gasteiger partial charge in [0.25, 0.3) is 5.56 Å². The van der Waals surface area contributed by atoms with E-state index >= 15 is 0 Å². The van der Waals surface area contributed by atoms with Crippen molar-refractivity contribution < 1.29 is 4.79 Å². The summed E-state index contributed by atoms with van der Waals surface area (Å²) in [6.07, 6.45) is 2.21. The lowest BCUT2D eigenvalue weighted by Gasteiger charge is -2.30. The molecule has 2 amide bonds. The quantitative estimate of drug-likeness (QED) is 0.625. The van der Waals surface area contributed by atoms with Crippen LogP contribution in [0.15, 0.2) is 59.4 Å². The van der Waals surface area contributed by atoms with Gasteiger partial charge in [-0.3, -0.25) is 9.69 Å². The number of benzene rings is 2. The van der Waals surface area contributed by atoms with Crippen molar-refractivity contribution in [2.75, 3.05) is 25.0 Å². The van der Waals surface area contributed by atoms with Crippen LogP contribution in [0.2, 0.25) is 0 Å². The number of likely N-dealkylation sites (N-methyl/N-ethyl adjacent to an activating group) is 1. The Morgan fingerprint density at radius 2 is 2.00 bits per heavy atom. The van der Waals surface area contributed by atoms with E-state index in [1.165, 1.54) is 0 Å². The largest absolute Gasteiger partial charge is 0.322 e. The average Bonchev–Trinajstić information content (AvgIpc) is 3.22. The maximum absolute atomic E-state index is 13.2. The summed E-state index contributed by atoms with van der Waals surface area (Å²) in [4.78, 5) is 33.2. The van der Waals surface area contributed by atoms with Crippen LogP contribution in [0.5, 0.6) is 0 Å². The summed E-state index contributed by atoms with van der Waals surface area (Å²) in [5.41, 5.74) is 3.09. The number of carbonyl (C=O) groups excluding carboxylic acids is 1. The molecule has 0 aliphatic carbocycles. The predicted octanol–water partition coefficient (Wildman–Crippen LogP) is 4.35. The Kier molecular flexibility index (Phi) is 6.37. The topological polar surface area (TPSA) is 68.4 Å². The lowest BCUT2D eigenvalue weighted by molar-refractivity contribution is 0.174. The summed E-state index contributed by atoms with van der Waals surface area (Å²) in [5.74, 6) is 0. The van der Waals surface area contributed by atoms with Crippen molar-refractivity contribution in [3.8, 4) is 0 Å². The summed E-state index contributed by atoms with van der Waals surface area (Å²) in [7, 11) is 0. The van der Waals surface area contributed by atoms with E-state index in [0.29, 0.717) is 18.2 Å². The number of aromatic amines is 1. The van der Waals surface area contributed by atoms with Crippen molar-refractivity contribution in [1.29, 1.82) is 0 Å². The monoisotopic (exact) mass is 418 g/mol. The Labute approximate surface area is 182 Å². The van der Waals surface area contributed by atoms with Crippen molar-refractivity contribution in [3.05, 3.63) is 76.1 Å². The second-order valence-corrected chi connectivity index (χ2v) is 8.26. The molecule has 0 unspecified atom stereocenters. The highest BCUT2D eigenvalue weighted by molar-refractivity contribution is 5.89. The number of anilines is 1. The average molecular weight is 419 g/mol. The first-order valence-corrected chi connectivity index (χ1v) is 11.0. The molecule has 31 heavy (non-hydrogen) atoms. The molecule has 0 saturated carbocycles. The normalized spacial score (nSPS) is 16.5. The van der Waals surface area contributed by atoms with Gasteiger partial charge in [-0.15, -0.1) is 0 Å². The molecule has 1 aromatic heterocycles. The minimum atomic E-state index is -0.183. The van der Waals surface area contributed by atoms with Gasteiger partial charge in [-0.25, -0.2) is 4.79 Å². The molecule has 3 aromatic rings. The Balaban J connectivity index is 1.62. The number of hydrogen-bond acceptors (Lipinski definition) is 3. The van der Waals surface area contributed by atoms with Crippen LogP contribution in [0.4, 0.5) is 10.5 Å². The van der Waals surface area contributed by atoms with E-state index in [9.17, 15) is 9.59 Å². The molecule has 162 valence electrons. The lowest BCUT2D eigenvalue weighted by Crippen LogP contribution is -2.45. The van der Waals surface area contributed by atoms with E-state index in [4.69, 9.17) is 0 Å². The number of aromatic nitrogens is 1. The number of nitrogens with zero attached hydrogens (tertiary/aromatic N) is 2. The van der Waals surface area contributed by atoms with Crippen LogP contribution in [0.3, 0.4) is 0 Å². The molecule has 0 bridgehead atoms. The Hall–Kier alpha value is -3.12. The first kappa shape index (κ1) is 21.1. The summed E-state index contributed by atoms with van der Waals surface area (Å²) in [6.45, 7) is 7.03. The first-order valence-electron chi connectivity index (χ1n) is 11.0. The molecule has 2 N–H and O–H groups in total. The van der Waals surface area contributed by atoms with Crippen LogP contribution in [-0.2, 0) is 6.54 Å². The fourth-order valence-corrected chi connectivity index (χ4v) is 4.47. The fraction of sp³-hybridized carbons (Fsp3) is 0.360. The van der Waals surface area contributed by atoms with Gasteiger partial charge in [0, 0.05) is 23.8 Å². The van der Waals surface area contributed by atoms with E-state index in [1.54, 1.807) is 4.90 Å². The van der Waals surface area contributed by atoms with E-state index in [2.05, 4.69) is 22.1 Å². The lowest BCUT2D eigenvalue weighted by atomic mass is 10.1. The second-order valence-electron chi connectivity index (χ2n) is 8.26. The zero-order valence-electron chi connectivity index (χ0n) is 18.2. The van der Waals surface area contributed by atoms with Crippen molar-refractivity contribution in [2.24, 2.45) is 0 Å². The number of aryl methyl sites for hydroxylation is 1. The molecule has 1 aliphatic rings. The van der Waals surface area contributed by atoms with Gasteiger partial charge in [0.05, 0.1) is 12.1 Å². The number of para-hydroxylation sites is 2. The van der Waals surface area contributed by atoms with Gasteiger partial charge >= 0.3 is 6.03 Å². The number of likely N-dealkylation sites (tertiary alicyclic amines) is 1. The molecule has 2 aromatic carbocycles. The fourth-order valence-electron chi connectivity index (χ4n) is 4.47. The van der Waals surface area contributed by atoms with Crippen molar-refractivity contribution >= 4 is 22.6 Å². The molecule has 2 heterocycles. The molecule has 0 spiro atoms. The van der Waals surface area contributed by atoms with Gasteiger partial charge in [-0.05, 0) is 62.0 Å². The van der Waals surface area contributed by atoms with E-state index in [1.807, 2.05) is 61.5 Å². The van der Waals surface area contributed by atoms with Gasteiger partial charge < -0.3 is 15.2 Å². The summed E-state index contributed by atoms with van der Waals surface area (Å²) in [5, 5.41) is 3.97. The maximum atomic E-state index is 13.2. The van der Waals surface area contributed by atoms with Crippen molar-refractivity contribution in [1.82, 2.24) is 14.8 Å². The molecular weight excluding hydrogens is 388 g/mol. The minimum Gasteiger partial charge on any atom is -0.321 e. The van der Waals surface area contributed by atoms with Crippen molar-refractivity contribution in [3.63, 3.8) is 0 Å². The second kappa shape index (κ2) is 9.35. The van der Waals surface area contributed by atoms with E-state index < -0.39 is 0 Å². The highest BCUT2D eigenvalue weighted by Crippen LogP contribution is 2.20. The number of urea groups is 1. The van der Waals surface area contributed by atoms with Gasteiger partial charge in [-0.2, -0.15) is 0 Å². The molecule has 1 fully saturated rings. The van der Waals surface area contributed by atoms with Gasteiger partial charge in [-0.1, -0.05) is 43.3 Å². The Morgan fingerprint density at radius 3 is 2.77 bits per heavy atom. The number of rotatable bonds is 6. The Morgan fingerprint density at radius 1 is 1.19 bits per heavy atom. The number of hydrogen-bond donors (Lipinski definition) is 2. The smallest absolute Gasteiger partial charge is 0.321 e. The van der Waals surface area contributed by atoms with Gasteiger partial charge in [0.15, 0.2) is 0 Å². The van der Waals surface area contributed by atoms with Gasteiger partial charge in [0.1, 0.15) is 0 Å². The zero-order valence-corrected chi connectivity index (χ0v) is 18.2. The first-order chi connectivity index (χ1) is 15.0. The minimum absolute atomic E-state index is 0.141. The molecular formula is C25H30N4O2. The van der Waals surface area contributed by atoms with Crippen LogP contribution >= 0.6 is 0 Å². The summed E-state index contributed by atoms with van der Waals surface area (Å²) in [6, 6.07) is 17.5. The molecule has 4 rings (SSSR count). The SMILES string of the molecule is CCN1CCC[C@@H]1CN(Cc1cc2cccc(C)c2[nH]c1=O)C(=O)Nc1ccccc1. The third-order valence-corrected chi connectivity index (χ3v) is 6.17. The zero-order chi connectivity index (χ0) is 21.8. The predicted molar refractivity (Wildman–Crippen MR) is 125 cm³/mol. The molecule has 1 saturated heterocycles. The van der Waals surface area contributed by atoms with E-state index in [-0.39, 0.29) is 18.1 Å². The number of carbonyl (C=O) groups is 1. The number of amides is 2. The highest BCUT2D eigenvalue weighted by Gasteiger charge is 2.27. The van der Waals surface area contributed by atoms with Crippen LogP contribution in [0, 0.1) is 6.92 Å². The van der Waals surface area contributed by atoms with Crippen LogP contribution in [-0.4, -0.2) is 46.5 Å². The molecule has 1 atom stereocenters. The van der Waals surface area contributed by atoms with Crippen LogP contribution in [0.1, 0.15) is 30.9 Å². The van der Waals surface area contributed by atoms with Crippen molar-refractivity contribution in [2.45, 2.75) is 39.3 Å². The third-order valence-electron chi connectivity index (χ3n) is 6.17. The highest BCUT2D eigenvalue weighted by atomic mass is 16.2.